The largest absolute Gasteiger partial charge is 0.314 e. The second kappa shape index (κ2) is 9.04. The average molecular weight is 445 g/mol. The molecule has 0 saturated heterocycles. The zero-order valence-corrected chi connectivity index (χ0v) is 17.8. The zero-order chi connectivity index (χ0) is 23.5. The molecule has 3 aromatic rings. The van der Waals surface area contributed by atoms with Crippen LogP contribution in [0.5, 0.6) is 0 Å². The van der Waals surface area contributed by atoms with Crippen molar-refractivity contribution in [1.29, 1.82) is 0 Å². The summed E-state index contributed by atoms with van der Waals surface area (Å²) in [6.07, 6.45) is 0. The van der Waals surface area contributed by atoms with Crippen LogP contribution in [0.25, 0.3) is 0 Å². The van der Waals surface area contributed by atoms with Gasteiger partial charge >= 0.3 is 0 Å². The summed E-state index contributed by atoms with van der Waals surface area (Å²) in [5, 5.41) is 0. The summed E-state index contributed by atoms with van der Waals surface area (Å²) >= 11 is 0. The van der Waals surface area contributed by atoms with Crippen LogP contribution in [0.4, 0.5) is 15.8 Å². The van der Waals surface area contributed by atoms with Crippen molar-refractivity contribution in [1.82, 2.24) is 4.90 Å². The Morgan fingerprint density at radius 3 is 1.97 bits per heavy atom. The molecule has 0 bridgehead atoms. The van der Waals surface area contributed by atoms with Gasteiger partial charge in [-0.05, 0) is 42.5 Å². The van der Waals surface area contributed by atoms with Crippen molar-refractivity contribution in [3.63, 3.8) is 0 Å². The fourth-order valence-electron chi connectivity index (χ4n) is 3.60. The van der Waals surface area contributed by atoms with E-state index in [1.165, 1.54) is 47.2 Å². The number of benzene rings is 3. The molecular weight excluding hydrogens is 425 g/mol. The third-order valence-corrected chi connectivity index (χ3v) is 5.40. The van der Waals surface area contributed by atoms with Crippen molar-refractivity contribution in [2.45, 2.75) is 0 Å². The van der Waals surface area contributed by atoms with E-state index in [-0.39, 0.29) is 17.7 Å². The molecule has 0 fully saturated rings. The number of amides is 4. The van der Waals surface area contributed by atoms with Gasteiger partial charge in [0.2, 0.25) is 11.8 Å². The van der Waals surface area contributed by atoms with E-state index in [1.807, 2.05) is 0 Å². The van der Waals surface area contributed by atoms with E-state index in [0.29, 0.717) is 11.4 Å². The Labute approximate surface area is 189 Å². The van der Waals surface area contributed by atoms with Crippen LogP contribution in [0, 0.1) is 5.82 Å². The lowest BCUT2D eigenvalue weighted by Gasteiger charge is -2.27. The fraction of sp³-hybridized carbons (Fsp3) is 0.120. The van der Waals surface area contributed by atoms with Gasteiger partial charge in [0.15, 0.2) is 0 Å². The highest BCUT2D eigenvalue weighted by Gasteiger charge is 2.37. The molecule has 166 valence electrons. The van der Waals surface area contributed by atoms with Gasteiger partial charge in [-0.1, -0.05) is 36.4 Å². The predicted octanol–water partition coefficient (Wildman–Crippen LogP) is 3.12. The van der Waals surface area contributed by atoms with Crippen molar-refractivity contribution >= 4 is 35.0 Å². The molecule has 0 atom stereocenters. The molecule has 1 heterocycles. The minimum atomic E-state index is -0.600. The minimum absolute atomic E-state index is 0.239. The lowest BCUT2D eigenvalue weighted by atomic mass is 10.1. The van der Waals surface area contributed by atoms with Crippen LogP contribution in [0.2, 0.25) is 0 Å². The molecule has 3 aromatic carbocycles. The van der Waals surface area contributed by atoms with Gasteiger partial charge in [-0.2, -0.15) is 0 Å². The van der Waals surface area contributed by atoms with E-state index in [1.54, 1.807) is 48.5 Å². The molecule has 7 nitrogen and oxygen atoms in total. The van der Waals surface area contributed by atoms with E-state index in [2.05, 4.69) is 0 Å². The lowest BCUT2D eigenvalue weighted by molar-refractivity contribution is -0.122. The first-order chi connectivity index (χ1) is 15.9. The number of carbonyl (C=O) groups is 4. The summed E-state index contributed by atoms with van der Waals surface area (Å²) in [5.41, 5.74) is 1.24. The smallest absolute Gasteiger partial charge is 0.262 e. The van der Waals surface area contributed by atoms with Gasteiger partial charge in [-0.25, -0.2) is 4.39 Å². The Kier molecular flexibility index (Phi) is 5.99. The molecule has 0 saturated carbocycles. The molecule has 33 heavy (non-hydrogen) atoms. The topological polar surface area (TPSA) is 78.0 Å². The summed E-state index contributed by atoms with van der Waals surface area (Å²) in [4.78, 5) is 54.9. The molecule has 0 aromatic heterocycles. The Morgan fingerprint density at radius 2 is 1.36 bits per heavy atom. The number of para-hydroxylation sites is 1. The quantitative estimate of drug-likeness (QED) is 0.547. The van der Waals surface area contributed by atoms with Crippen molar-refractivity contribution < 1.29 is 23.6 Å². The van der Waals surface area contributed by atoms with Crippen molar-refractivity contribution in [2.24, 2.45) is 0 Å². The van der Waals surface area contributed by atoms with E-state index in [4.69, 9.17) is 0 Å². The molecule has 1 aliphatic heterocycles. The van der Waals surface area contributed by atoms with Crippen LogP contribution >= 0.6 is 0 Å². The lowest BCUT2D eigenvalue weighted by Crippen LogP contribution is -2.47. The predicted molar refractivity (Wildman–Crippen MR) is 120 cm³/mol. The van der Waals surface area contributed by atoms with E-state index in [0.717, 1.165) is 4.90 Å². The molecule has 0 unspecified atom stereocenters. The molecule has 4 amide bonds. The SMILES string of the molecule is CN(C(=O)CN(C(=O)CN1C(=O)c2ccccc2C1=O)c1ccccc1)c1cccc(F)c1. The van der Waals surface area contributed by atoms with Crippen LogP contribution in [-0.2, 0) is 9.59 Å². The van der Waals surface area contributed by atoms with Gasteiger partial charge < -0.3 is 9.80 Å². The number of likely N-dealkylation sites (N-methyl/N-ethyl adjacent to an activating group) is 1. The second-order valence-electron chi connectivity index (χ2n) is 7.49. The van der Waals surface area contributed by atoms with Gasteiger partial charge in [0.1, 0.15) is 18.9 Å². The zero-order valence-electron chi connectivity index (χ0n) is 17.8. The molecule has 0 N–H and O–H groups in total. The normalized spacial score (nSPS) is 12.5. The number of fused-ring (bicyclic) bond motifs is 1. The highest BCUT2D eigenvalue weighted by molar-refractivity contribution is 6.23. The molecule has 1 aliphatic rings. The van der Waals surface area contributed by atoms with Crippen molar-refractivity contribution in [3.8, 4) is 0 Å². The Morgan fingerprint density at radius 1 is 0.788 bits per heavy atom. The van der Waals surface area contributed by atoms with Crippen LogP contribution in [0.1, 0.15) is 20.7 Å². The average Bonchev–Trinajstić information content (AvgIpc) is 3.07. The van der Waals surface area contributed by atoms with Crippen LogP contribution in [0.3, 0.4) is 0 Å². The maximum atomic E-state index is 13.6. The molecular formula is C25H20FN3O4. The Bertz CT molecular complexity index is 1210. The summed E-state index contributed by atoms with van der Waals surface area (Å²) in [5.74, 6) is -2.68. The van der Waals surface area contributed by atoms with Gasteiger partial charge in [0.25, 0.3) is 11.8 Å². The number of halogens is 1. The molecule has 0 spiro atoms. The Balaban J connectivity index is 1.56. The highest BCUT2D eigenvalue weighted by Crippen LogP contribution is 2.23. The van der Waals surface area contributed by atoms with Crippen molar-refractivity contribution in [2.75, 3.05) is 29.9 Å². The van der Waals surface area contributed by atoms with Gasteiger partial charge in [-0.15, -0.1) is 0 Å². The third kappa shape index (κ3) is 4.36. The van der Waals surface area contributed by atoms with Crippen LogP contribution < -0.4 is 9.80 Å². The van der Waals surface area contributed by atoms with Gasteiger partial charge in [0, 0.05) is 18.4 Å². The van der Waals surface area contributed by atoms with E-state index >= 15 is 0 Å². The van der Waals surface area contributed by atoms with Crippen LogP contribution in [-0.4, -0.2) is 48.7 Å². The summed E-state index contributed by atoms with van der Waals surface area (Å²) in [7, 11) is 1.48. The van der Waals surface area contributed by atoms with Crippen LogP contribution in [0.15, 0.2) is 78.9 Å². The van der Waals surface area contributed by atoms with E-state index < -0.39 is 36.0 Å². The number of anilines is 2. The number of rotatable bonds is 6. The number of hydrogen-bond acceptors (Lipinski definition) is 4. The standard InChI is InChI=1S/C25H20FN3O4/c1-27(19-11-7-8-17(26)14-19)22(30)15-28(18-9-3-2-4-10-18)23(31)16-29-24(32)20-12-5-6-13-21(20)25(29)33/h2-14H,15-16H2,1H3. The summed E-state index contributed by atoms with van der Waals surface area (Å²) in [6.45, 7) is -0.878. The molecule has 8 heteroatoms. The maximum Gasteiger partial charge on any atom is 0.262 e. The minimum Gasteiger partial charge on any atom is -0.314 e. The van der Waals surface area contributed by atoms with E-state index in [9.17, 15) is 23.6 Å². The molecule has 4 rings (SSSR count). The summed E-state index contributed by atoms with van der Waals surface area (Å²) < 4.78 is 13.6. The first kappa shape index (κ1) is 21.9. The van der Waals surface area contributed by atoms with Crippen molar-refractivity contribution in [3.05, 3.63) is 95.8 Å². The first-order valence-corrected chi connectivity index (χ1v) is 10.2. The monoisotopic (exact) mass is 445 g/mol. The number of carbonyl (C=O) groups excluding carboxylic acids is 4. The maximum absolute atomic E-state index is 13.6. The Hall–Kier alpha value is -4.33. The second-order valence-corrected chi connectivity index (χ2v) is 7.49. The number of hydrogen-bond donors (Lipinski definition) is 0. The molecule has 0 radical (unpaired) electrons. The molecule has 0 aliphatic carbocycles. The fourth-order valence-corrected chi connectivity index (χ4v) is 3.60. The highest BCUT2D eigenvalue weighted by atomic mass is 19.1. The van der Waals surface area contributed by atoms with Gasteiger partial charge in [0.05, 0.1) is 11.1 Å². The number of imide groups is 1. The first-order valence-electron chi connectivity index (χ1n) is 10.2. The third-order valence-electron chi connectivity index (χ3n) is 5.40. The number of nitrogens with zero attached hydrogens (tertiary/aromatic N) is 3. The summed E-state index contributed by atoms with van der Waals surface area (Å²) in [6, 6.07) is 20.4. The van der Waals surface area contributed by atoms with Gasteiger partial charge in [-0.3, -0.25) is 24.1 Å².